The number of hydrogen-bond donors (Lipinski definition) is 0. The molecule has 5 heteroatoms. The average Bonchev–Trinajstić information content (AvgIpc) is 2.57. The second-order valence-electron chi connectivity index (χ2n) is 4.69. The Morgan fingerprint density at radius 3 is 2.45 bits per heavy atom. The van der Waals surface area contributed by atoms with Gasteiger partial charge in [-0.1, -0.05) is 35.2 Å². The lowest BCUT2D eigenvalue weighted by molar-refractivity contribution is 0.0837. The fraction of sp³-hybridized carbons (Fsp3) is 0.176. The molecule has 0 unspecified atom stereocenters. The maximum atomic E-state index is 12.4. The summed E-state index contributed by atoms with van der Waals surface area (Å²) in [5.74, 6) is 0.696. The zero-order valence-electron chi connectivity index (χ0n) is 12.4. The number of hydrogen-bond acceptors (Lipinski definition) is 4. The lowest BCUT2D eigenvalue weighted by Crippen LogP contribution is -2.30. The van der Waals surface area contributed by atoms with E-state index in [-0.39, 0.29) is 5.56 Å². The standard InChI is InChI=1S/C17H16N2O3/c1-3-22-19-17(20)13-9-5-4-8-12(13)16(18-19)14-10-6-7-11-15(14)21-2/h4-11H,3H2,1-2H3. The highest BCUT2D eigenvalue weighted by atomic mass is 16.7. The molecule has 1 aromatic heterocycles. The fourth-order valence-corrected chi connectivity index (χ4v) is 2.42. The van der Waals surface area contributed by atoms with Gasteiger partial charge in [0.05, 0.1) is 12.5 Å². The summed E-state index contributed by atoms with van der Waals surface area (Å²) in [6.07, 6.45) is 0. The average molecular weight is 296 g/mol. The normalized spacial score (nSPS) is 10.6. The van der Waals surface area contributed by atoms with Gasteiger partial charge in [0, 0.05) is 10.9 Å². The first-order valence-electron chi connectivity index (χ1n) is 7.05. The van der Waals surface area contributed by atoms with E-state index in [1.54, 1.807) is 13.2 Å². The van der Waals surface area contributed by atoms with Gasteiger partial charge in [-0.15, -0.1) is 5.10 Å². The van der Waals surface area contributed by atoms with Crippen molar-refractivity contribution in [2.45, 2.75) is 6.92 Å². The van der Waals surface area contributed by atoms with Crippen LogP contribution in [-0.2, 0) is 0 Å². The van der Waals surface area contributed by atoms with Crippen LogP contribution in [0, 0.1) is 0 Å². The minimum Gasteiger partial charge on any atom is -0.496 e. The topological polar surface area (TPSA) is 53.4 Å². The van der Waals surface area contributed by atoms with Gasteiger partial charge in [-0.05, 0) is 25.1 Å². The van der Waals surface area contributed by atoms with E-state index in [1.807, 2.05) is 49.4 Å². The summed E-state index contributed by atoms with van der Waals surface area (Å²) in [4.78, 5) is 18.8. The first-order valence-corrected chi connectivity index (χ1v) is 7.05. The Labute approximate surface area is 127 Å². The molecule has 112 valence electrons. The summed E-state index contributed by atoms with van der Waals surface area (Å²) in [7, 11) is 1.61. The Morgan fingerprint density at radius 1 is 1.05 bits per heavy atom. The third-order valence-electron chi connectivity index (χ3n) is 3.39. The number of benzene rings is 2. The first kappa shape index (κ1) is 14.1. The molecule has 0 N–H and O–H groups in total. The molecule has 0 aliphatic rings. The van der Waals surface area contributed by atoms with Crippen LogP contribution in [0.4, 0.5) is 0 Å². The molecule has 0 bridgehead atoms. The molecule has 3 aromatic rings. The highest BCUT2D eigenvalue weighted by molar-refractivity contribution is 5.95. The maximum Gasteiger partial charge on any atom is 0.310 e. The SMILES string of the molecule is CCOn1nc(-c2ccccc2OC)c2ccccc2c1=O. The van der Waals surface area contributed by atoms with Crippen molar-refractivity contribution in [2.24, 2.45) is 0 Å². The third-order valence-corrected chi connectivity index (χ3v) is 3.39. The Kier molecular flexibility index (Phi) is 3.78. The van der Waals surface area contributed by atoms with E-state index in [2.05, 4.69) is 5.10 Å². The van der Waals surface area contributed by atoms with Crippen molar-refractivity contribution in [2.75, 3.05) is 13.7 Å². The summed E-state index contributed by atoms with van der Waals surface area (Å²) in [5.41, 5.74) is 1.20. The summed E-state index contributed by atoms with van der Waals surface area (Å²) in [6, 6.07) is 14.9. The van der Waals surface area contributed by atoms with E-state index in [0.29, 0.717) is 23.4 Å². The van der Waals surface area contributed by atoms with Crippen molar-refractivity contribution in [3.63, 3.8) is 0 Å². The Bertz CT molecular complexity index is 871. The molecule has 0 aliphatic heterocycles. The number of aromatic nitrogens is 2. The van der Waals surface area contributed by atoms with E-state index in [9.17, 15) is 4.79 Å². The van der Waals surface area contributed by atoms with Gasteiger partial charge in [-0.2, -0.15) is 0 Å². The molecular weight excluding hydrogens is 280 g/mol. The van der Waals surface area contributed by atoms with E-state index in [1.165, 1.54) is 0 Å². The van der Waals surface area contributed by atoms with E-state index < -0.39 is 0 Å². The third kappa shape index (κ3) is 2.30. The van der Waals surface area contributed by atoms with Gasteiger partial charge < -0.3 is 9.57 Å². The quantitative estimate of drug-likeness (QED) is 0.742. The lowest BCUT2D eigenvalue weighted by Gasteiger charge is -2.12. The predicted octanol–water partition coefficient (Wildman–Crippen LogP) is 2.52. The summed E-state index contributed by atoms with van der Waals surface area (Å²) in [5, 5.41) is 5.70. The number of para-hydroxylation sites is 1. The van der Waals surface area contributed by atoms with Crippen LogP contribution in [0.5, 0.6) is 5.75 Å². The largest absolute Gasteiger partial charge is 0.496 e. The molecule has 0 saturated carbocycles. The number of ether oxygens (including phenoxy) is 1. The molecule has 0 atom stereocenters. The van der Waals surface area contributed by atoms with E-state index in [4.69, 9.17) is 9.57 Å². The molecule has 0 spiro atoms. The van der Waals surface area contributed by atoms with Gasteiger partial charge >= 0.3 is 5.56 Å². The second-order valence-corrected chi connectivity index (χ2v) is 4.69. The number of nitrogens with zero attached hydrogens (tertiary/aromatic N) is 2. The van der Waals surface area contributed by atoms with Crippen LogP contribution < -0.4 is 15.1 Å². The minimum atomic E-state index is -0.268. The molecule has 5 nitrogen and oxygen atoms in total. The molecule has 2 aromatic carbocycles. The molecule has 1 heterocycles. The number of rotatable bonds is 4. The lowest BCUT2D eigenvalue weighted by atomic mass is 10.0. The highest BCUT2D eigenvalue weighted by Gasteiger charge is 2.15. The van der Waals surface area contributed by atoms with Crippen LogP contribution in [0.1, 0.15) is 6.92 Å². The van der Waals surface area contributed by atoms with Crippen LogP contribution >= 0.6 is 0 Å². The molecule has 3 rings (SSSR count). The molecular formula is C17H16N2O3. The predicted molar refractivity (Wildman–Crippen MR) is 85.1 cm³/mol. The monoisotopic (exact) mass is 296 g/mol. The molecule has 0 radical (unpaired) electrons. The smallest absolute Gasteiger partial charge is 0.310 e. The van der Waals surface area contributed by atoms with Crippen molar-refractivity contribution in [3.05, 3.63) is 58.9 Å². The van der Waals surface area contributed by atoms with Crippen LogP contribution in [0.15, 0.2) is 53.3 Å². The molecule has 22 heavy (non-hydrogen) atoms. The Morgan fingerprint density at radius 2 is 1.73 bits per heavy atom. The van der Waals surface area contributed by atoms with E-state index >= 15 is 0 Å². The Hall–Kier alpha value is -2.82. The van der Waals surface area contributed by atoms with Crippen molar-refractivity contribution in [1.82, 2.24) is 9.94 Å². The zero-order chi connectivity index (χ0) is 15.5. The number of fused-ring (bicyclic) bond motifs is 1. The van der Waals surface area contributed by atoms with Crippen molar-refractivity contribution >= 4 is 10.8 Å². The van der Waals surface area contributed by atoms with Crippen molar-refractivity contribution < 1.29 is 9.57 Å². The zero-order valence-corrected chi connectivity index (χ0v) is 12.4. The first-order chi connectivity index (χ1) is 10.8. The van der Waals surface area contributed by atoms with E-state index in [0.717, 1.165) is 15.8 Å². The minimum absolute atomic E-state index is 0.268. The van der Waals surface area contributed by atoms with Gasteiger partial charge in [0.15, 0.2) is 0 Å². The second kappa shape index (κ2) is 5.89. The van der Waals surface area contributed by atoms with Crippen LogP contribution in [-0.4, -0.2) is 23.7 Å². The maximum absolute atomic E-state index is 12.4. The summed E-state index contributed by atoms with van der Waals surface area (Å²) < 4.78 is 5.41. The van der Waals surface area contributed by atoms with Gasteiger partial charge in [-0.3, -0.25) is 4.79 Å². The van der Waals surface area contributed by atoms with Gasteiger partial charge in [-0.25, -0.2) is 0 Å². The number of methoxy groups -OCH3 is 1. The summed E-state index contributed by atoms with van der Waals surface area (Å²) >= 11 is 0. The fourth-order valence-electron chi connectivity index (χ4n) is 2.42. The van der Waals surface area contributed by atoms with Crippen molar-refractivity contribution in [1.29, 1.82) is 0 Å². The summed E-state index contributed by atoms with van der Waals surface area (Å²) in [6.45, 7) is 2.17. The highest BCUT2D eigenvalue weighted by Crippen LogP contribution is 2.31. The van der Waals surface area contributed by atoms with Gasteiger partial charge in [0.1, 0.15) is 18.1 Å². The van der Waals surface area contributed by atoms with Gasteiger partial charge in [0.25, 0.3) is 0 Å². The van der Waals surface area contributed by atoms with Crippen molar-refractivity contribution in [3.8, 4) is 17.0 Å². The molecule has 0 saturated heterocycles. The van der Waals surface area contributed by atoms with Gasteiger partial charge in [0.2, 0.25) is 0 Å². The Balaban J connectivity index is 2.38. The van der Waals surface area contributed by atoms with Crippen LogP contribution in [0.2, 0.25) is 0 Å². The molecule has 0 amide bonds. The van der Waals surface area contributed by atoms with Crippen LogP contribution in [0.25, 0.3) is 22.0 Å². The molecule has 0 fully saturated rings. The molecule has 0 aliphatic carbocycles. The van der Waals surface area contributed by atoms with Crippen LogP contribution in [0.3, 0.4) is 0 Å².